The second kappa shape index (κ2) is 10.3. The lowest BCUT2D eigenvalue weighted by atomic mass is 9.90. The molecule has 2 aliphatic rings. The Morgan fingerprint density at radius 1 is 1.12 bits per heavy atom. The summed E-state index contributed by atoms with van der Waals surface area (Å²) in [6.07, 6.45) is 2.84. The molecule has 2 atom stereocenters. The number of carboxylic acid groups (broad SMARTS) is 1. The van der Waals surface area contributed by atoms with Gasteiger partial charge in [-0.05, 0) is 84.8 Å². The fraction of sp³-hybridized carbons (Fsp3) is 0.312. The number of hydrogen-bond donors (Lipinski definition) is 1. The molecule has 6 rings (SSSR count). The summed E-state index contributed by atoms with van der Waals surface area (Å²) in [5, 5.41) is 13.5. The zero-order chi connectivity index (χ0) is 28.0. The summed E-state index contributed by atoms with van der Waals surface area (Å²) in [5.74, 6) is 0.686. The van der Waals surface area contributed by atoms with Gasteiger partial charge in [-0.2, -0.15) is 5.10 Å². The van der Waals surface area contributed by atoms with E-state index in [4.69, 9.17) is 19.3 Å². The highest BCUT2D eigenvalue weighted by atomic mass is 19.1. The number of carbonyl (C=O) groups is 1. The number of rotatable bonds is 8. The number of fused-ring (bicyclic) bond motifs is 2. The van der Waals surface area contributed by atoms with Crippen molar-refractivity contribution in [3.8, 4) is 28.4 Å². The molecule has 1 unspecified atom stereocenters. The first-order valence-electron chi connectivity index (χ1n) is 13.5. The predicted molar refractivity (Wildman–Crippen MR) is 147 cm³/mol. The van der Waals surface area contributed by atoms with Gasteiger partial charge in [0.15, 0.2) is 0 Å². The van der Waals surface area contributed by atoms with Crippen molar-refractivity contribution in [3.05, 3.63) is 94.1 Å². The van der Waals surface area contributed by atoms with E-state index in [1.54, 1.807) is 10.7 Å². The summed E-state index contributed by atoms with van der Waals surface area (Å²) in [6, 6.07) is 14.8. The summed E-state index contributed by atoms with van der Waals surface area (Å²) < 4.78 is 35.1. The van der Waals surface area contributed by atoms with Crippen LogP contribution in [-0.4, -0.2) is 27.5 Å². The molecule has 8 heteroatoms. The van der Waals surface area contributed by atoms with E-state index in [0.29, 0.717) is 43.1 Å². The first-order valence-corrected chi connectivity index (χ1v) is 13.5. The zero-order valence-electron chi connectivity index (χ0n) is 22.7. The highest BCUT2D eigenvalue weighted by Crippen LogP contribution is 2.45. The van der Waals surface area contributed by atoms with E-state index >= 15 is 4.39 Å². The number of hydrogen-bond acceptors (Lipinski definition) is 5. The summed E-state index contributed by atoms with van der Waals surface area (Å²) in [5.41, 5.74) is 7.50. The van der Waals surface area contributed by atoms with Crippen LogP contribution in [0.15, 0.2) is 54.7 Å². The summed E-state index contributed by atoms with van der Waals surface area (Å²) >= 11 is 0. The number of aromatic nitrogens is 2. The lowest BCUT2D eigenvalue weighted by molar-refractivity contribution is -0.137. The van der Waals surface area contributed by atoms with Crippen LogP contribution in [-0.2, 0) is 24.9 Å². The minimum Gasteiger partial charge on any atom is -0.492 e. The average Bonchev–Trinajstić information content (AvgIpc) is 3.63. The van der Waals surface area contributed by atoms with Gasteiger partial charge in [-0.15, -0.1) is 0 Å². The molecular weight excluding hydrogens is 511 g/mol. The van der Waals surface area contributed by atoms with E-state index in [-0.39, 0.29) is 18.2 Å². The van der Waals surface area contributed by atoms with Crippen LogP contribution in [0.2, 0.25) is 0 Å². The van der Waals surface area contributed by atoms with Crippen molar-refractivity contribution in [3.63, 3.8) is 0 Å². The molecule has 0 spiro atoms. The van der Waals surface area contributed by atoms with E-state index in [9.17, 15) is 4.79 Å². The van der Waals surface area contributed by atoms with Crippen LogP contribution in [0.4, 0.5) is 4.39 Å². The molecule has 0 saturated heterocycles. The molecule has 40 heavy (non-hydrogen) atoms. The topological polar surface area (TPSA) is 82.8 Å². The van der Waals surface area contributed by atoms with Crippen LogP contribution in [0.25, 0.3) is 11.1 Å². The Morgan fingerprint density at radius 3 is 2.65 bits per heavy atom. The number of benzene rings is 3. The molecule has 2 heterocycles. The van der Waals surface area contributed by atoms with Crippen molar-refractivity contribution in [2.24, 2.45) is 7.05 Å². The third-order valence-electron chi connectivity index (χ3n) is 7.78. The van der Waals surface area contributed by atoms with Crippen molar-refractivity contribution >= 4 is 5.97 Å². The molecule has 0 saturated carbocycles. The van der Waals surface area contributed by atoms with Crippen LogP contribution in [0.3, 0.4) is 0 Å². The highest BCUT2D eigenvalue weighted by Gasteiger charge is 2.32. The van der Waals surface area contributed by atoms with Crippen molar-refractivity contribution in [1.82, 2.24) is 9.78 Å². The largest absolute Gasteiger partial charge is 0.492 e. The minimum absolute atomic E-state index is 0.0212. The maximum Gasteiger partial charge on any atom is 0.304 e. The summed E-state index contributed by atoms with van der Waals surface area (Å²) in [7, 11) is 1.88. The Balaban J connectivity index is 1.24. The second-order valence-electron chi connectivity index (χ2n) is 10.6. The molecule has 1 aromatic heterocycles. The summed E-state index contributed by atoms with van der Waals surface area (Å²) in [6.45, 7) is 4.83. The molecule has 3 aromatic carbocycles. The maximum atomic E-state index is 15.3. The number of ether oxygens (including phenoxy) is 3. The standard InChI is InChI=1S/C32H31FN2O5/c1-18-12-23(38-17-21-10-11-35(3)34-21)13-19(2)31(18)25-6-8-27(33)32-26(25)7-9-28(32)40-22-4-5-24-20(14-30(36)37)16-39-29(24)15-22/h4-6,8,10-13,15,20,28H,7,9,14,16-17H2,1-3H3,(H,36,37)/t20-,28?/m1/s1. The highest BCUT2D eigenvalue weighted by molar-refractivity contribution is 5.76. The van der Waals surface area contributed by atoms with Crippen molar-refractivity contribution in [2.75, 3.05) is 6.61 Å². The third-order valence-corrected chi connectivity index (χ3v) is 7.78. The van der Waals surface area contributed by atoms with E-state index in [2.05, 4.69) is 18.9 Å². The molecule has 4 aromatic rings. The van der Waals surface area contributed by atoms with E-state index < -0.39 is 12.1 Å². The Morgan fingerprint density at radius 2 is 1.93 bits per heavy atom. The van der Waals surface area contributed by atoms with Gasteiger partial charge in [-0.3, -0.25) is 9.48 Å². The molecule has 0 bridgehead atoms. The molecule has 1 aliphatic heterocycles. The van der Waals surface area contributed by atoms with Gasteiger partial charge in [0.1, 0.15) is 35.8 Å². The van der Waals surface area contributed by atoms with Crippen LogP contribution in [0.1, 0.15) is 58.4 Å². The van der Waals surface area contributed by atoms with Crippen molar-refractivity contribution in [2.45, 2.75) is 51.7 Å². The molecule has 1 aliphatic carbocycles. The van der Waals surface area contributed by atoms with Gasteiger partial charge in [0.25, 0.3) is 0 Å². The predicted octanol–water partition coefficient (Wildman–Crippen LogP) is 6.44. The zero-order valence-corrected chi connectivity index (χ0v) is 22.7. The van der Waals surface area contributed by atoms with Crippen LogP contribution < -0.4 is 14.2 Å². The number of nitrogens with zero attached hydrogens (tertiary/aromatic N) is 2. The molecule has 1 N–H and O–H groups in total. The fourth-order valence-electron chi connectivity index (χ4n) is 6.03. The van der Waals surface area contributed by atoms with Gasteiger partial charge in [0.2, 0.25) is 0 Å². The van der Waals surface area contributed by atoms with Gasteiger partial charge >= 0.3 is 5.97 Å². The Kier molecular flexibility index (Phi) is 6.70. The maximum absolute atomic E-state index is 15.3. The lowest BCUT2D eigenvalue weighted by Gasteiger charge is -2.19. The normalized spacial score (nSPS) is 17.3. The molecule has 0 fully saturated rings. The quantitative estimate of drug-likeness (QED) is 0.276. The first-order chi connectivity index (χ1) is 19.3. The van der Waals surface area contributed by atoms with Crippen molar-refractivity contribution in [1.29, 1.82) is 0 Å². The monoisotopic (exact) mass is 542 g/mol. The molecule has 7 nitrogen and oxygen atoms in total. The van der Waals surface area contributed by atoms with E-state index in [1.807, 2.05) is 49.6 Å². The second-order valence-corrected chi connectivity index (χ2v) is 10.6. The van der Waals surface area contributed by atoms with Gasteiger partial charge in [-0.1, -0.05) is 12.1 Å². The van der Waals surface area contributed by atoms with Gasteiger partial charge in [0.05, 0.1) is 18.7 Å². The van der Waals surface area contributed by atoms with E-state index in [0.717, 1.165) is 44.8 Å². The third kappa shape index (κ3) is 4.90. The summed E-state index contributed by atoms with van der Waals surface area (Å²) in [4.78, 5) is 11.2. The Bertz CT molecular complexity index is 1590. The molecule has 0 amide bonds. The Hall–Kier alpha value is -4.33. The SMILES string of the molecule is Cc1cc(OCc2ccn(C)n2)cc(C)c1-c1ccc(F)c2c1CCC2Oc1ccc2c(c1)OC[C@H]2CC(=O)O. The van der Waals surface area contributed by atoms with Gasteiger partial charge in [0, 0.05) is 36.4 Å². The average molecular weight is 543 g/mol. The van der Waals surface area contributed by atoms with Crippen molar-refractivity contribution < 1.29 is 28.5 Å². The van der Waals surface area contributed by atoms with Crippen LogP contribution in [0, 0.1) is 19.7 Å². The number of carboxylic acids is 1. The molecule has 0 radical (unpaired) electrons. The minimum atomic E-state index is -0.854. The van der Waals surface area contributed by atoms with Crippen LogP contribution in [0.5, 0.6) is 17.2 Å². The smallest absolute Gasteiger partial charge is 0.304 e. The number of halogens is 1. The van der Waals surface area contributed by atoms with Gasteiger partial charge in [-0.25, -0.2) is 4.39 Å². The fourth-order valence-corrected chi connectivity index (χ4v) is 6.03. The van der Waals surface area contributed by atoms with E-state index in [1.165, 1.54) is 6.07 Å². The number of aliphatic carboxylic acids is 1. The van der Waals surface area contributed by atoms with Gasteiger partial charge < -0.3 is 19.3 Å². The first kappa shape index (κ1) is 25.9. The number of aryl methyl sites for hydroxylation is 3. The lowest BCUT2D eigenvalue weighted by Crippen LogP contribution is -2.07. The molecular formula is C32H31FN2O5. The molecule has 206 valence electrons. The Labute approximate surface area is 232 Å². The van der Waals surface area contributed by atoms with Crippen LogP contribution >= 0.6 is 0 Å².